The van der Waals surface area contributed by atoms with Gasteiger partial charge in [-0.15, -0.1) is 0 Å². The van der Waals surface area contributed by atoms with Crippen LogP contribution in [0.15, 0.2) is 73.6 Å². The third-order valence-corrected chi connectivity index (χ3v) is 2.26. The van der Waals surface area contributed by atoms with E-state index in [9.17, 15) is 0 Å². The monoisotopic (exact) mass is 333 g/mol. The number of rotatable bonds is 0. The smallest absolute Gasteiger partial charge is 0.0106 e. The van der Waals surface area contributed by atoms with Crippen molar-refractivity contribution in [1.29, 1.82) is 0 Å². The molecule has 3 heteroatoms. The molecule has 0 aliphatic heterocycles. The van der Waals surface area contributed by atoms with E-state index in [1.807, 2.05) is 150 Å². The highest BCUT2D eigenvalue weighted by molar-refractivity contribution is 4.89. The average molecular weight is 334 g/mol. The van der Waals surface area contributed by atoms with Gasteiger partial charge in [0.1, 0.15) is 0 Å². The third kappa shape index (κ3) is 19.8. The lowest BCUT2D eigenvalue weighted by molar-refractivity contribution is 0.928. The summed E-state index contributed by atoms with van der Waals surface area (Å²) in [5.74, 6) is 0. The molecule has 0 atom stereocenters. The zero-order chi connectivity index (χ0) is 19.2. The van der Waals surface area contributed by atoms with Gasteiger partial charge >= 0.3 is 0 Å². The molecule has 138 valence electrons. The first-order valence-corrected chi connectivity index (χ1v) is 8.89. The van der Waals surface area contributed by atoms with Gasteiger partial charge in [0.25, 0.3) is 0 Å². The van der Waals surface area contributed by atoms with E-state index < -0.39 is 0 Å². The van der Waals surface area contributed by atoms with Crippen LogP contribution in [-0.4, -0.2) is 13.7 Å². The van der Waals surface area contributed by atoms with Crippen LogP contribution in [0.1, 0.15) is 41.5 Å². The number of aromatic nitrogens is 3. The SMILES string of the molecule is CC.CC.CC.Cn1cccc1.Cn1cccc1.Cn1cccc1. The van der Waals surface area contributed by atoms with Crippen LogP contribution in [0.4, 0.5) is 0 Å². The summed E-state index contributed by atoms with van der Waals surface area (Å²) >= 11 is 0. The van der Waals surface area contributed by atoms with Crippen molar-refractivity contribution in [1.82, 2.24) is 13.7 Å². The van der Waals surface area contributed by atoms with Gasteiger partial charge in [-0.25, -0.2) is 0 Å². The van der Waals surface area contributed by atoms with Gasteiger partial charge in [0, 0.05) is 58.3 Å². The molecule has 0 radical (unpaired) electrons. The van der Waals surface area contributed by atoms with E-state index in [0.717, 1.165) is 0 Å². The molecule has 3 aromatic rings. The summed E-state index contributed by atoms with van der Waals surface area (Å²) < 4.78 is 6.00. The van der Waals surface area contributed by atoms with Crippen molar-refractivity contribution in [3.05, 3.63) is 73.6 Å². The van der Waals surface area contributed by atoms with Gasteiger partial charge in [0.05, 0.1) is 0 Å². The zero-order valence-corrected chi connectivity index (χ0v) is 17.3. The first-order valence-electron chi connectivity index (χ1n) is 8.89. The number of aryl methyl sites for hydroxylation is 3. The molecule has 0 bridgehead atoms. The van der Waals surface area contributed by atoms with Crippen molar-refractivity contribution in [2.75, 3.05) is 0 Å². The molecule has 0 aliphatic rings. The van der Waals surface area contributed by atoms with Crippen LogP contribution < -0.4 is 0 Å². The Morgan fingerprint density at radius 2 is 0.458 bits per heavy atom. The van der Waals surface area contributed by atoms with Crippen LogP contribution in [0.2, 0.25) is 0 Å². The lowest BCUT2D eigenvalue weighted by atomic mass is 10.7. The van der Waals surface area contributed by atoms with E-state index >= 15 is 0 Å². The van der Waals surface area contributed by atoms with E-state index in [4.69, 9.17) is 0 Å². The third-order valence-electron chi connectivity index (χ3n) is 2.26. The van der Waals surface area contributed by atoms with Gasteiger partial charge in [-0.1, -0.05) is 41.5 Å². The molecule has 0 saturated carbocycles. The van der Waals surface area contributed by atoms with Gasteiger partial charge in [0.15, 0.2) is 0 Å². The molecule has 3 nitrogen and oxygen atoms in total. The Morgan fingerprint density at radius 1 is 0.333 bits per heavy atom. The molecule has 0 amide bonds. The highest BCUT2D eigenvalue weighted by Gasteiger charge is 1.69. The molecule has 0 fully saturated rings. The molecule has 0 saturated heterocycles. The Kier molecular flexibility index (Phi) is 25.7. The number of nitrogens with zero attached hydrogens (tertiary/aromatic N) is 3. The second kappa shape index (κ2) is 23.1. The van der Waals surface area contributed by atoms with Gasteiger partial charge in [0.2, 0.25) is 0 Å². The normalized spacial score (nSPS) is 7.38. The van der Waals surface area contributed by atoms with Crippen molar-refractivity contribution in [2.45, 2.75) is 41.5 Å². The maximum atomic E-state index is 2.00. The fourth-order valence-corrected chi connectivity index (χ4v) is 1.26. The molecule has 3 aromatic heterocycles. The lowest BCUT2D eigenvalue weighted by Crippen LogP contribution is -1.75. The van der Waals surface area contributed by atoms with Crippen molar-refractivity contribution in [3.63, 3.8) is 0 Å². The van der Waals surface area contributed by atoms with Crippen LogP contribution in [0.3, 0.4) is 0 Å². The summed E-state index contributed by atoms with van der Waals surface area (Å²) in [5.41, 5.74) is 0. The van der Waals surface area contributed by atoms with E-state index in [0.29, 0.717) is 0 Å². The Bertz CT molecular complexity index is 401. The maximum absolute atomic E-state index is 2.00. The van der Waals surface area contributed by atoms with Crippen LogP contribution in [0.5, 0.6) is 0 Å². The van der Waals surface area contributed by atoms with Gasteiger partial charge in [-0.05, 0) is 36.4 Å². The van der Waals surface area contributed by atoms with Crippen LogP contribution in [0.25, 0.3) is 0 Å². The first-order chi connectivity index (χ1) is 11.7. The minimum Gasteiger partial charge on any atom is -0.357 e. The van der Waals surface area contributed by atoms with Crippen LogP contribution in [0, 0.1) is 0 Å². The summed E-state index contributed by atoms with van der Waals surface area (Å²) in [5, 5.41) is 0. The Balaban J connectivity index is -0.000000239. The molecule has 0 spiro atoms. The fourth-order valence-electron chi connectivity index (χ4n) is 1.26. The molecule has 3 rings (SSSR count). The fraction of sp³-hybridized carbons (Fsp3) is 0.429. The highest BCUT2D eigenvalue weighted by atomic mass is 14.9. The summed E-state index contributed by atoms with van der Waals surface area (Å²) in [6.45, 7) is 12.0. The van der Waals surface area contributed by atoms with Crippen molar-refractivity contribution >= 4 is 0 Å². The van der Waals surface area contributed by atoms with Gasteiger partial charge < -0.3 is 13.7 Å². The van der Waals surface area contributed by atoms with Crippen molar-refractivity contribution in [2.24, 2.45) is 21.1 Å². The van der Waals surface area contributed by atoms with E-state index in [1.165, 1.54) is 0 Å². The van der Waals surface area contributed by atoms with Gasteiger partial charge in [-0.2, -0.15) is 0 Å². The Hall–Kier alpha value is -2.16. The molecular formula is C21H39N3. The van der Waals surface area contributed by atoms with E-state index in [1.54, 1.807) is 0 Å². The molecule has 0 aliphatic carbocycles. The molecule has 3 heterocycles. The standard InChI is InChI=1S/3C5H7N.3C2H6/c3*1-6-4-2-3-5-6;3*1-2/h3*2-5H,1H3;3*1-2H3. The predicted molar refractivity (Wildman–Crippen MR) is 110 cm³/mol. The molecule has 24 heavy (non-hydrogen) atoms. The summed E-state index contributed by atoms with van der Waals surface area (Å²) in [4.78, 5) is 0. The summed E-state index contributed by atoms with van der Waals surface area (Å²) in [6.07, 6.45) is 12.0. The molecule has 0 N–H and O–H groups in total. The van der Waals surface area contributed by atoms with Gasteiger partial charge in [-0.3, -0.25) is 0 Å². The van der Waals surface area contributed by atoms with E-state index in [-0.39, 0.29) is 0 Å². The zero-order valence-electron chi connectivity index (χ0n) is 17.3. The Labute approximate surface area is 150 Å². The van der Waals surface area contributed by atoms with Crippen LogP contribution in [-0.2, 0) is 21.1 Å². The summed E-state index contributed by atoms with van der Waals surface area (Å²) in [7, 11) is 6.00. The van der Waals surface area contributed by atoms with E-state index in [2.05, 4.69) is 0 Å². The topological polar surface area (TPSA) is 14.8 Å². The van der Waals surface area contributed by atoms with Crippen LogP contribution >= 0.6 is 0 Å². The second-order valence-corrected chi connectivity index (χ2v) is 4.05. The number of hydrogen-bond donors (Lipinski definition) is 0. The average Bonchev–Trinajstić information content (AvgIpc) is 3.40. The first kappa shape index (κ1) is 26.7. The molecule has 0 unspecified atom stereocenters. The number of hydrogen-bond acceptors (Lipinski definition) is 0. The largest absolute Gasteiger partial charge is 0.357 e. The maximum Gasteiger partial charge on any atom is 0.0106 e. The molecule has 0 aromatic carbocycles. The predicted octanol–water partition coefficient (Wildman–Crippen LogP) is 6.15. The van der Waals surface area contributed by atoms with Crippen molar-refractivity contribution < 1.29 is 0 Å². The minimum absolute atomic E-state index is 2.00. The lowest BCUT2D eigenvalue weighted by Gasteiger charge is -1.79. The minimum atomic E-state index is 2.00. The highest BCUT2D eigenvalue weighted by Crippen LogP contribution is 1.81. The summed E-state index contributed by atoms with van der Waals surface area (Å²) in [6, 6.07) is 12.0. The molecular weight excluding hydrogens is 294 g/mol. The van der Waals surface area contributed by atoms with Crippen molar-refractivity contribution in [3.8, 4) is 0 Å². The second-order valence-electron chi connectivity index (χ2n) is 4.05. The quantitative estimate of drug-likeness (QED) is 0.468. The Morgan fingerprint density at radius 3 is 0.500 bits per heavy atom.